The molecule has 6 heteroatoms. The Morgan fingerprint density at radius 1 is 1.20 bits per heavy atom. The molecule has 0 saturated heterocycles. The Balaban J connectivity index is 1.96. The molecule has 1 aromatic carbocycles. The fourth-order valence-electron chi connectivity index (χ4n) is 3.20. The Morgan fingerprint density at radius 2 is 1.92 bits per heavy atom. The molecule has 1 heterocycles. The first-order valence-corrected chi connectivity index (χ1v) is 9.38. The average molecular weight is 360 g/mol. The van der Waals surface area contributed by atoms with Crippen molar-refractivity contribution in [3.8, 4) is 0 Å². The van der Waals surface area contributed by atoms with E-state index in [9.17, 15) is 14.0 Å². The highest BCUT2D eigenvalue weighted by atomic mass is 32.1. The number of halogens is 1. The third-order valence-electron chi connectivity index (χ3n) is 4.53. The molecule has 0 unspecified atom stereocenters. The first kappa shape index (κ1) is 17.6. The van der Waals surface area contributed by atoms with Gasteiger partial charge in [-0.25, -0.2) is 4.39 Å². The number of nitrogens with zero attached hydrogens (tertiary/aromatic N) is 1. The molecule has 0 saturated carbocycles. The molecule has 0 aliphatic heterocycles. The largest absolute Gasteiger partial charge is 0.339 e. The van der Waals surface area contributed by atoms with E-state index in [4.69, 9.17) is 0 Å². The summed E-state index contributed by atoms with van der Waals surface area (Å²) in [4.78, 5) is 28.3. The van der Waals surface area contributed by atoms with Gasteiger partial charge in [0.15, 0.2) is 0 Å². The van der Waals surface area contributed by atoms with Crippen LogP contribution in [-0.2, 0) is 12.8 Å². The van der Waals surface area contributed by atoms with Crippen LogP contribution >= 0.6 is 11.3 Å². The lowest BCUT2D eigenvalue weighted by Crippen LogP contribution is -2.31. The number of hydrogen-bond acceptors (Lipinski definition) is 3. The van der Waals surface area contributed by atoms with Crippen molar-refractivity contribution in [3.63, 3.8) is 0 Å². The number of carbonyl (C=O) groups is 2. The number of aryl methyl sites for hydroxylation is 1. The SMILES string of the molecule is CCN(CC)C(=O)c1c(NC(=O)c2ccccc2F)sc2c1CCC2. The number of carbonyl (C=O) groups excluding carboxylic acids is 2. The minimum atomic E-state index is -0.569. The van der Waals surface area contributed by atoms with Gasteiger partial charge in [-0.15, -0.1) is 11.3 Å². The summed E-state index contributed by atoms with van der Waals surface area (Å²) in [6, 6.07) is 5.86. The van der Waals surface area contributed by atoms with Gasteiger partial charge >= 0.3 is 0 Å². The van der Waals surface area contributed by atoms with E-state index in [1.54, 1.807) is 17.0 Å². The number of anilines is 1. The van der Waals surface area contributed by atoms with Crippen molar-refractivity contribution >= 4 is 28.2 Å². The molecule has 1 aliphatic carbocycles. The quantitative estimate of drug-likeness (QED) is 0.872. The maximum atomic E-state index is 13.9. The third kappa shape index (κ3) is 3.31. The summed E-state index contributed by atoms with van der Waals surface area (Å²) in [5.41, 5.74) is 1.62. The molecule has 0 radical (unpaired) electrons. The third-order valence-corrected chi connectivity index (χ3v) is 5.74. The maximum absolute atomic E-state index is 13.9. The lowest BCUT2D eigenvalue weighted by Gasteiger charge is -2.20. The Bertz CT molecular complexity index is 812. The van der Waals surface area contributed by atoms with Crippen LogP contribution < -0.4 is 5.32 Å². The van der Waals surface area contributed by atoms with Gasteiger partial charge in [0.25, 0.3) is 11.8 Å². The van der Waals surface area contributed by atoms with Crippen LogP contribution in [0.4, 0.5) is 9.39 Å². The van der Waals surface area contributed by atoms with Crippen LogP contribution in [0.3, 0.4) is 0 Å². The molecule has 3 rings (SSSR count). The first-order valence-electron chi connectivity index (χ1n) is 8.56. The van der Waals surface area contributed by atoms with Gasteiger partial charge in [0.2, 0.25) is 0 Å². The minimum Gasteiger partial charge on any atom is -0.339 e. The fourth-order valence-corrected chi connectivity index (χ4v) is 4.48. The smallest absolute Gasteiger partial charge is 0.259 e. The zero-order valence-electron chi connectivity index (χ0n) is 14.4. The zero-order valence-corrected chi connectivity index (χ0v) is 15.2. The van der Waals surface area contributed by atoms with Crippen LogP contribution in [0.25, 0.3) is 0 Å². The molecule has 1 N–H and O–H groups in total. The molecule has 0 spiro atoms. The number of nitrogens with one attached hydrogen (secondary N) is 1. The van der Waals surface area contributed by atoms with E-state index in [0.29, 0.717) is 23.7 Å². The van der Waals surface area contributed by atoms with Crippen LogP contribution in [-0.4, -0.2) is 29.8 Å². The van der Waals surface area contributed by atoms with E-state index >= 15 is 0 Å². The van der Waals surface area contributed by atoms with Gasteiger partial charge in [-0.2, -0.15) is 0 Å². The maximum Gasteiger partial charge on any atom is 0.259 e. The van der Waals surface area contributed by atoms with Gasteiger partial charge in [0.1, 0.15) is 10.8 Å². The predicted molar refractivity (Wildman–Crippen MR) is 97.9 cm³/mol. The molecular weight excluding hydrogens is 339 g/mol. The molecule has 0 atom stereocenters. The van der Waals surface area contributed by atoms with E-state index in [-0.39, 0.29) is 11.5 Å². The van der Waals surface area contributed by atoms with Gasteiger partial charge in [-0.05, 0) is 50.8 Å². The Hall–Kier alpha value is -2.21. The van der Waals surface area contributed by atoms with Gasteiger partial charge in [0.05, 0.1) is 11.1 Å². The topological polar surface area (TPSA) is 49.4 Å². The fraction of sp³-hybridized carbons (Fsp3) is 0.368. The van der Waals surface area contributed by atoms with Crippen LogP contribution in [0.15, 0.2) is 24.3 Å². The summed E-state index contributed by atoms with van der Waals surface area (Å²) in [5.74, 6) is -1.15. The second kappa shape index (κ2) is 7.35. The number of fused-ring (bicyclic) bond motifs is 1. The van der Waals surface area contributed by atoms with Crippen molar-refractivity contribution in [2.45, 2.75) is 33.1 Å². The van der Waals surface area contributed by atoms with Crippen molar-refractivity contribution in [1.82, 2.24) is 4.90 Å². The molecular formula is C19H21FN2O2S. The molecule has 1 aromatic heterocycles. The summed E-state index contributed by atoms with van der Waals surface area (Å²) in [6.07, 6.45) is 2.80. The van der Waals surface area contributed by atoms with E-state index in [1.165, 1.54) is 23.5 Å². The van der Waals surface area contributed by atoms with E-state index in [2.05, 4.69) is 5.32 Å². The van der Waals surface area contributed by atoms with Crippen molar-refractivity contribution in [2.75, 3.05) is 18.4 Å². The summed E-state index contributed by atoms with van der Waals surface area (Å²) >= 11 is 1.44. The van der Waals surface area contributed by atoms with Crippen molar-refractivity contribution < 1.29 is 14.0 Å². The van der Waals surface area contributed by atoms with Crippen LogP contribution in [0.2, 0.25) is 0 Å². The highest BCUT2D eigenvalue weighted by Crippen LogP contribution is 2.40. The normalized spacial score (nSPS) is 12.8. The summed E-state index contributed by atoms with van der Waals surface area (Å²) in [6.45, 7) is 5.10. The summed E-state index contributed by atoms with van der Waals surface area (Å²) in [7, 11) is 0. The van der Waals surface area contributed by atoms with Gasteiger partial charge in [0, 0.05) is 18.0 Å². The van der Waals surface area contributed by atoms with E-state index in [1.807, 2.05) is 13.8 Å². The number of hydrogen-bond donors (Lipinski definition) is 1. The van der Waals surface area contributed by atoms with Crippen molar-refractivity contribution in [2.24, 2.45) is 0 Å². The highest BCUT2D eigenvalue weighted by molar-refractivity contribution is 7.17. The molecule has 1 aliphatic rings. The number of amides is 2. The van der Waals surface area contributed by atoms with Gasteiger partial charge in [-0.1, -0.05) is 12.1 Å². The number of rotatable bonds is 5. The summed E-state index contributed by atoms with van der Waals surface area (Å²) < 4.78 is 13.9. The van der Waals surface area contributed by atoms with Crippen molar-refractivity contribution in [1.29, 1.82) is 0 Å². The number of benzene rings is 1. The van der Waals surface area contributed by atoms with Crippen molar-refractivity contribution in [3.05, 3.63) is 51.7 Å². The van der Waals surface area contributed by atoms with Crippen LogP contribution in [0.5, 0.6) is 0 Å². The minimum absolute atomic E-state index is 0.0164. The van der Waals surface area contributed by atoms with E-state index in [0.717, 1.165) is 29.7 Å². The summed E-state index contributed by atoms with van der Waals surface area (Å²) in [5, 5.41) is 3.31. The average Bonchev–Trinajstić information content (AvgIpc) is 3.16. The lowest BCUT2D eigenvalue weighted by atomic mass is 10.1. The zero-order chi connectivity index (χ0) is 18.0. The van der Waals surface area contributed by atoms with E-state index < -0.39 is 11.7 Å². The molecule has 132 valence electrons. The lowest BCUT2D eigenvalue weighted by molar-refractivity contribution is 0.0773. The Kier molecular flexibility index (Phi) is 5.18. The predicted octanol–water partition coefficient (Wildman–Crippen LogP) is 4.11. The molecule has 4 nitrogen and oxygen atoms in total. The second-order valence-corrected chi connectivity index (χ2v) is 7.08. The first-order chi connectivity index (χ1) is 12.1. The van der Waals surface area contributed by atoms with Crippen LogP contribution in [0.1, 0.15) is 51.4 Å². The molecule has 2 amide bonds. The standard InChI is InChI=1S/C19H21FN2O2S/c1-3-22(4-2)19(24)16-13-9-7-11-15(13)25-18(16)21-17(23)12-8-5-6-10-14(12)20/h5-6,8,10H,3-4,7,9,11H2,1-2H3,(H,21,23). The van der Waals surface area contributed by atoms with Gasteiger partial charge in [-0.3, -0.25) is 9.59 Å². The monoisotopic (exact) mass is 360 g/mol. The molecule has 0 bridgehead atoms. The molecule has 25 heavy (non-hydrogen) atoms. The van der Waals surface area contributed by atoms with Crippen LogP contribution in [0, 0.1) is 5.82 Å². The highest BCUT2D eigenvalue weighted by Gasteiger charge is 2.29. The molecule has 2 aromatic rings. The van der Waals surface area contributed by atoms with Gasteiger partial charge < -0.3 is 10.2 Å². The Morgan fingerprint density at radius 3 is 2.60 bits per heavy atom. The molecule has 0 fully saturated rings. The second-order valence-electron chi connectivity index (χ2n) is 5.97. The Labute approximate surface area is 150 Å². The number of thiophene rings is 1.